The minimum atomic E-state index is -0.00560. The number of rotatable bonds is 4. The van der Waals surface area contributed by atoms with Crippen LogP contribution in [0.15, 0.2) is 24.5 Å². The van der Waals surface area contributed by atoms with Crippen LogP contribution in [-0.4, -0.2) is 32.5 Å². The maximum atomic E-state index is 6.21. The van der Waals surface area contributed by atoms with Gasteiger partial charge in [0.25, 0.3) is 0 Å². The molecule has 1 fully saturated rings. The van der Waals surface area contributed by atoms with E-state index in [1.807, 2.05) is 18.5 Å². The summed E-state index contributed by atoms with van der Waals surface area (Å²) in [5, 5.41) is 0. The summed E-state index contributed by atoms with van der Waals surface area (Å²) in [6.07, 6.45) is 10.0. The van der Waals surface area contributed by atoms with Crippen molar-refractivity contribution in [2.45, 2.75) is 77.5 Å². The number of pyridine rings is 1. The topological polar surface area (TPSA) is 51.1 Å². The van der Waals surface area contributed by atoms with Crippen molar-refractivity contribution < 1.29 is 4.74 Å². The molecule has 0 atom stereocenters. The molecule has 1 aliphatic heterocycles. The van der Waals surface area contributed by atoms with E-state index < -0.39 is 0 Å². The van der Waals surface area contributed by atoms with Crippen molar-refractivity contribution in [2.24, 2.45) is 0 Å². The third-order valence-electron chi connectivity index (χ3n) is 5.51. The lowest BCUT2D eigenvalue weighted by Crippen LogP contribution is -2.32. The molecule has 0 bridgehead atoms. The molecular weight excluding hydrogens is 336 g/mol. The van der Waals surface area contributed by atoms with Crippen LogP contribution in [0.4, 0.5) is 0 Å². The zero-order valence-electron chi connectivity index (χ0n) is 16.7. The lowest BCUT2D eigenvalue weighted by molar-refractivity contribution is 0.190. The second kappa shape index (κ2) is 7.55. The molecular formula is C22H30N4O. The fourth-order valence-electron chi connectivity index (χ4n) is 3.93. The van der Waals surface area contributed by atoms with Gasteiger partial charge in [-0.2, -0.15) is 0 Å². The third kappa shape index (κ3) is 4.29. The summed E-state index contributed by atoms with van der Waals surface area (Å²) in [6.45, 7) is 9.24. The van der Waals surface area contributed by atoms with Gasteiger partial charge in [0.2, 0.25) is 5.88 Å². The van der Waals surface area contributed by atoms with E-state index >= 15 is 0 Å². The molecule has 0 radical (unpaired) electrons. The molecule has 2 aromatic rings. The van der Waals surface area contributed by atoms with E-state index in [1.165, 1.54) is 29.7 Å². The van der Waals surface area contributed by atoms with Crippen molar-refractivity contribution in [1.29, 1.82) is 0 Å². The molecule has 0 amide bonds. The minimum absolute atomic E-state index is 0.00560. The molecule has 27 heavy (non-hydrogen) atoms. The van der Waals surface area contributed by atoms with Crippen molar-refractivity contribution >= 4 is 0 Å². The van der Waals surface area contributed by atoms with Crippen LogP contribution in [0.2, 0.25) is 0 Å². The Bertz CT molecular complexity index is 793. The number of fused-ring (bicyclic) bond motifs is 1. The number of hydrogen-bond donors (Lipinski definition) is 0. The van der Waals surface area contributed by atoms with Crippen LogP contribution in [0.3, 0.4) is 0 Å². The number of hydrogen-bond acceptors (Lipinski definition) is 5. The highest BCUT2D eigenvalue weighted by Gasteiger charge is 2.24. The quantitative estimate of drug-likeness (QED) is 0.817. The van der Waals surface area contributed by atoms with Crippen LogP contribution in [0.25, 0.3) is 0 Å². The lowest BCUT2D eigenvalue weighted by Gasteiger charge is -2.29. The highest BCUT2D eigenvalue weighted by atomic mass is 16.5. The van der Waals surface area contributed by atoms with Gasteiger partial charge in [0, 0.05) is 60.7 Å². The van der Waals surface area contributed by atoms with E-state index in [9.17, 15) is 0 Å². The van der Waals surface area contributed by atoms with E-state index in [1.54, 1.807) is 0 Å². The van der Waals surface area contributed by atoms with Crippen LogP contribution in [0.5, 0.6) is 5.88 Å². The molecule has 5 nitrogen and oxygen atoms in total. The van der Waals surface area contributed by atoms with Crippen molar-refractivity contribution in [3.8, 4) is 5.88 Å². The zero-order chi connectivity index (χ0) is 18.9. The smallest absolute Gasteiger partial charge is 0.218 e. The molecule has 3 heterocycles. The Hall–Kier alpha value is -2.01. The van der Waals surface area contributed by atoms with Gasteiger partial charge in [-0.15, -0.1) is 0 Å². The molecule has 4 rings (SSSR count). The van der Waals surface area contributed by atoms with E-state index in [0.29, 0.717) is 6.10 Å². The predicted molar refractivity (Wildman–Crippen MR) is 106 cm³/mol. The summed E-state index contributed by atoms with van der Waals surface area (Å²) < 4.78 is 6.21. The molecule has 1 saturated carbocycles. The monoisotopic (exact) mass is 366 g/mol. The Morgan fingerprint density at radius 1 is 1.19 bits per heavy atom. The first kappa shape index (κ1) is 18.4. The molecule has 2 aromatic heterocycles. The van der Waals surface area contributed by atoms with Gasteiger partial charge in [0.15, 0.2) is 0 Å². The molecule has 5 heteroatoms. The van der Waals surface area contributed by atoms with Gasteiger partial charge in [-0.05, 0) is 31.7 Å². The largest absolute Gasteiger partial charge is 0.474 e. The molecule has 2 aliphatic rings. The molecule has 1 aliphatic carbocycles. The van der Waals surface area contributed by atoms with E-state index in [2.05, 4.69) is 41.7 Å². The average Bonchev–Trinajstić information content (AvgIpc) is 3.15. The number of nitrogens with zero attached hydrogens (tertiary/aromatic N) is 4. The standard InChI is InChI=1S/C22H30N4O/c1-22(2,3)21-24-13-17-15-26(12-10-19(17)25-21)14-16-7-6-11-23-20(16)27-18-8-4-5-9-18/h6-7,11,13,18H,4-5,8-10,12,14-15H2,1-3H3. The Balaban J connectivity index is 1.46. The lowest BCUT2D eigenvalue weighted by atomic mass is 9.95. The molecule has 0 unspecified atom stereocenters. The first-order valence-corrected chi connectivity index (χ1v) is 10.2. The van der Waals surface area contributed by atoms with Crippen LogP contribution < -0.4 is 4.74 Å². The fraction of sp³-hybridized carbons (Fsp3) is 0.591. The maximum absolute atomic E-state index is 6.21. The van der Waals surface area contributed by atoms with Crippen molar-refractivity contribution in [2.75, 3.05) is 6.54 Å². The summed E-state index contributed by atoms with van der Waals surface area (Å²) in [7, 11) is 0. The fourth-order valence-corrected chi connectivity index (χ4v) is 3.93. The van der Waals surface area contributed by atoms with Crippen LogP contribution in [-0.2, 0) is 24.9 Å². The SMILES string of the molecule is CC(C)(C)c1ncc2c(n1)CCN(Cc1cccnc1OC1CCCC1)C2. The normalized spacial score (nSPS) is 18.5. The summed E-state index contributed by atoms with van der Waals surface area (Å²) >= 11 is 0. The second-order valence-corrected chi connectivity index (χ2v) is 8.87. The van der Waals surface area contributed by atoms with Gasteiger partial charge < -0.3 is 4.74 Å². The van der Waals surface area contributed by atoms with Crippen LogP contribution in [0.1, 0.15) is 69.1 Å². The van der Waals surface area contributed by atoms with E-state index in [0.717, 1.165) is 50.6 Å². The Kier molecular flexibility index (Phi) is 5.13. The Morgan fingerprint density at radius 2 is 2.00 bits per heavy atom. The van der Waals surface area contributed by atoms with E-state index in [4.69, 9.17) is 9.72 Å². The van der Waals surface area contributed by atoms with Gasteiger partial charge in [-0.3, -0.25) is 4.90 Å². The molecule has 0 saturated heterocycles. The third-order valence-corrected chi connectivity index (χ3v) is 5.51. The summed E-state index contributed by atoms with van der Waals surface area (Å²) in [5.74, 6) is 1.75. The van der Waals surface area contributed by atoms with Crippen molar-refractivity contribution in [1.82, 2.24) is 19.9 Å². The van der Waals surface area contributed by atoms with Crippen molar-refractivity contribution in [3.05, 3.63) is 47.2 Å². The van der Waals surface area contributed by atoms with Crippen LogP contribution in [0, 0.1) is 0 Å². The summed E-state index contributed by atoms with van der Waals surface area (Å²) in [5.41, 5.74) is 3.63. The molecule has 0 N–H and O–H groups in total. The number of aromatic nitrogens is 3. The van der Waals surface area contributed by atoms with Gasteiger partial charge in [0.1, 0.15) is 11.9 Å². The molecule has 0 spiro atoms. The molecule has 0 aromatic carbocycles. The Morgan fingerprint density at radius 3 is 2.78 bits per heavy atom. The van der Waals surface area contributed by atoms with Gasteiger partial charge in [-0.1, -0.05) is 26.8 Å². The average molecular weight is 367 g/mol. The van der Waals surface area contributed by atoms with Gasteiger partial charge >= 0.3 is 0 Å². The minimum Gasteiger partial charge on any atom is -0.474 e. The van der Waals surface area contributed by atoms with Crippen LogP contribution >= 0.6 is 0 Å². The highest BCUT2D eigenvalue weighted by Crippen LogP contribution is 2.27. The Labute approximate surface area is 162 Å². The first-order valence-electron chi connectivity index (χ1n) is 10.2. The second-order valence-electron chi connectivity index (χ2n) is 8.87. The molecule has 144 valence electrons. The first-order chi connectivity index (χ1) is 13.0. The zero-order valence-corrected chi connectivity index (χ0v) is 16.7. The summed E-state index contributed by atoms with van der Waals surface area (Å²) in [6, 6.07) is 4.15. The predicted octanol–water partition coefficient (Wildman–Crippen LogP) is 4.05. The maximum Gasteiger partial charge on any atom is 0.218 e. The summed E-state index contributed by atoms with van der Waals surface area (Å²) in [4.78, 5) is 16.4. The number of ether oxygens (including phenoxy) is 1. The highest BCUT2D eigenvalue weighted by molar-refractivity contribution is 5.27. The van der Waals surface area contributed by atoms with Gasteiger partial charge in [-0.25, -0.2) is 15.0 Å². The van der Waals surface area contributed by atoms with Gasteiger partial charge in [0.05, 0.1) is 0 Å². The van der Waals surface area contributed by atoms with E-state index in [-0.39, 0.29) is 5.41 Å². The van der Waals surface area contributed by atoms with Crippen molar-refractivity contribution in [3.63, 3.8) is 0 Å².